The predicted octanol–water partition coefficient (Wildman–Crippen LogP) is 8.17. The topological polar surface area (TPSA) is 40.5 Å². The van der Waals surface area contributed by atoms with Crippen molar-refractivity contribution in [2.45, 2.75) is 11.2 Å². The van der Waals surface area contributed by atoms with Gasteiger partial charge in [-0.15, -0.1) is 0 Å². The van der Waals surface area contributed by atoms with E-state index in [1.54, 1.807) is 0 Å². The molecule has 0 amide bonds. The van der Waals surface area contributed by atoms with Crippen molar-refractivity contribution in [3.63, 3.8) is 0 Å². The normalized spacial score (nSPS) is 19.4. The molecule has 1 aliphatic carbocycles. The van der Waals surface area contributed by atoms with Crippen molar-refractivity contribution in [1.82, 2.24) is 0 Å². The van der Waals surface area contributed by atoms with Gasteiger partial charge >= 0.3 is 0 Å². The second-order valence-electron chi connectivity index (χ2n) is 10.4. The van der Waals surface area contributed by atoms with Gasteiger partial charge in [-0.1, -0.05) is 158 Å². The quantitative estimate of drug-likeness (QED) is 0.248. The van der Waals surface area contributed by atoms with Gasteiger partial charge in [0.2, 0.25) is 0 Å². The van der Waals surface area contributed by atoms with Crippen molar-refractivity contribution in [3.05, 3.63) is 180 Å². The highest BCUT2D eigenvalue weighted by Crippen LogP contribution is 2.57. The minimum Gasteiger partial charge on any atom is -0.377 e. The monoisotopic (exact) mass is 516 g/mol. The fourth-order valence-corrected chi connectivity index (χ4v) is 6.25. The molecule has 0 fully saturated rings. The smallest absolute Gasteiger partial charge is 0.152 e. The second-order valence-corrected chi connectivity index (χ2v) is 10.4. The number of fused-ring (bicyclic) bond motifs is 3. The third kappa shape index (κ3) is 3.58. The summed E-state index contributed by atoms with van der Waals surface area (Å²) in [6.45, 7) is 0. The van der Waals surface area contributed by atoms with Crippen LogP contribution < -0.4 is 0 Å². The van der Waals surface area contributed by atoms with Crippen LogP contribution in [0.4, 0.5) is 0 Å². The molecule has 0 heterocycles. The minimum absolute atomic E-state index is 0.628. The molecule has 2 unspecified atom stereocenters. The van der Waals surface area contributed by atoms with E-state index in [2.05, 4.69) is 24.3 Å². The first kappa shape index (κ1) is 24.3. The van der Waals surface area contributed by atoms with Gasteiger partial charge in [-0.2, -0.15) is 0 Å². The fraction of sp³-hybridized carbons (Fsp3) is 0.0526. The third-order valence-corrected chi connectivity index (χ3v) is 8.27. The van der Waals surface area contributed by atoms with Crippen LogP contribution >= 0.6 is 0 Å². The summed E-state index contributed by atoms with van der Waals surface area (Å²) in [6.07, 6.45) is 0. The highest BCUT2D eigenvalue weighted by molar-refractivity contribution is 5.80. The van der Waals surface area contributed by atoms with E-state index in [0.717, 1.165) is 33.4 Å². The van der Waals surface area contributed by atoms with Crippen LogP contribution in [0.3, 0.4) is 0 Å². The van der Waals surface area contributed by atoms with E-state index in [0.29, 0.717) is 22.3 Å². The second kappa shape index (κ2) is 9.46. The molecule has 2 heteroatoms. The van der Waals surface area contributed by atoms with E-state index in [1.807, 2.05) is 133 Å². The molecule has 2 nitrogen and oxygen atoms in total. The molecule has 0 aromatic heterocycles. The van der Waals surface area contributed by atoms with Gasteiger partial charge in [0.1, 0.15) is 0 Å². The van der Waals surface area contributed by atoms with E-state index >= 15 is 0 Å². The first-order chi connectivity index (χ1) is 19.6. The Morgan fingerprint density at radius 3 is 0.975 bits per heavy atom. The average molecular weight is 517 g/mol. The molecule has 2 N–H and O–H groups in total. The van der Waals surface area contributed by atoms with Crippen LogP contribution in [-0.4, -0.2) is 10.2 Å². The van der Waals surface area contributed by atoms with Gasteiger partial charge in [0.15, 0.2) is 11.2 Å². The summed E-state index contributed by atoms with van der Waals surface area (Å²) in [5, 5.41) is 26.0. The molecule has 1 aliphatic rings. The number of aliphatic hydroxyl groups is 2. The van der Waals surface area contributed by atoms with Crippen molar-refractivity contribution < 1.29 is 10.2 Å². The molecule has 6 aromatic carbocycles. The largest absolute Gasteiger partial charge is 0.377 e. The molecule has 6 aromatic rings. The van der Waals surface area contributed by atoms with Crippen LogP contribution in [-0.2, 0) is 11.2 Å². The lowest BCUT2D eigenvalue weighted by Gasteiger charge is -2.49. The summed E-state index contributed by atoms with van der Waals surface area (Å²) in [5.41, 5.74) is 5.24. The van der Waals surface area contributed by atoms with Crippen molar-refractivity contribution in [2.75, 3.05) is 0 Å². The van der Waals surface area contributed by atoms with E-state index in [4.69, 9.17) is 0 Å². The Kier molecular flexibility index (Phi) is 5.74. The highest BCUT2D eigenvalue weighted by Gasteiger charge is 2.58. The molecule has 0 spiro atoms. The van der Waals surface area contributed by atoms with Crippen LogP contribution in [0.2, 0.25) is 0 Å². The molecule has 0 saturated heterocycles. The van der Waals surface area contributed by atoms with Crippen LogP contribution in [0.5, 0.6) is 0 Å². The molecule has 0 bridgehead atoms. The first-order valence-electron chi connectivity index (χ1n) is 13.6. The standard InChI is InChI=1S/C38H28O2/c39-37(31-23-19-29(20-24-31)27-11-3-1-4-12-27)35-17-9-7-15-33(35)34-16-8-10-18-36(34)38(37,40)32-25-21-30(22-26-32)28-13-5-2-6-14-28/h1-26,39-40H. The van der Waals surface area contributed by atoms with Crippen LogP contribution in [0, 0.1) is 0 Å². The van der Waals surface area contributed by atoms with Crippen LogP contribution in [0.25, 0.3) is 33.4 Å². The lowest BCUT2D eigenvalue weighted by molar-refractivity contribution is -0.114. The molecule has 7 rings (SSSR count). The predicted molar refractivity (Wildman–Crippen MR) is 162 cm³/mol. The maximum atomic E-state index is 13.0. The number of benzene rings is 6. The highest BCUT2D eigenvalue weighted by atomic mass is 16.4. The van der Waals surface area contributed by atoms with E-state index in [9.17, 15) is 10.2 Å². The molecular formula is C38H28O2. The Morgan fingerprint density at radius 1 is 0.300 bits per heavy atom. The minimum atomic E-state index is -1.75. The molecular weight excluding hydrogens is 488 g/mol. The number of hydrogen-bond acceptors (Lipinski definition) is 2. The van der Waals surface area contributed by atoms with Gasteiger partial charge in [0, 0.05) is 0 Å². The maximum absolute atomic E-state index is 13.0. The Hall–Kier alpha value is -4.76. The fourth-order valence-electron chi connectivity index (χ4n) is 6.25. The number of hydrogen-bond donors (Lipinski definition) is 2. The molecule has 192 valence electrons. The summed E-state index contributed by atoms with van der Waals surface area (Å²) in [6, 6.07) is 51.9. The van der Waals surface area contributed by atoms with Gasteiger partial charge < -0.3 is 10.2 Å². The lowest BCUT2D eigenvalue weighted by Crippen LogP contribution is -2.53. The Morgan fingerprint density at radius 2 is 0.600 bits per heavy atom. The van der Waals surface area contributed by atoms with Crippen molar-refractivity contribution in [2.24, 2.45) is 0 Å². The van der Waals surface area contributed by atoms with E-state index in [1.165, 1.54) is 0 Å². The van der Waals surface area contributed by atoms with E-state index in [-0.39, 0.29) is 0 Å². The van der Waals surface area contributed by atoms with Gasteiger partial charge in [0.25, 0.3) is 0 Å². The summed E-state index contributed by atoms with van der Waals surface area (Å²) in [7, 11) is 0. The summed E-state index contributed by atoms with van der Waals surface area (Å²) >= 11 is 0. The van der Waals surface area contributed by atoms with Gasteiger partial charge in [-0.05, 0) is 55.6 Å². The summed E-state index contributed by atoms with van der Waals surface area (Å²) in [5.74, 6) is 0. The van der Waals surface area contributed by atoms with Crippen LogP contribution in [0.1, 0.15) is 22.3 Å². The van der Waals surface area contributed by atoms with Gasteiger partial charge in [-0.25, -0.2) is 0 Å². The molecule has 0 saturated carbocycles. The van der Waals surface area contributed by atoms with Crippen molar-refractivity contribution in [3.8, 4) is 33.4 Å². The van der Waals surface area contributed by atoms with Crippen LogP contribution in [0.15, 0.2) is 158 Å². The number of rotatable bonds is 4. The van der Waals surface area contributed by atoms with Crippen molar-refractivity contribution in [1.29, 1.82) is 0 Å². The Labute approximate surface area is 234 Å². The zero-order valence-electron chi connectivity index (χ0n) is 21.9. The Bertz CT molecular complexity index is 1660. The molecule has 2 atom stereocenters. The summed E-state index contributed by atoms with van der Waals surface area (Å²) in [4.78, 5) is 0. The maximum Gasteiger partial charge on any atom is 0.152 e. The molecule has 40 heavy (non-hydrogen) atoms. The summed E-state index contributed by atoms with van der Waals surface area (Å²) < 4.78 is 0. The Balaban J connectivity index is 1.46. The lowest BCUT2D eigenvalue weighted by atomic mass is 9.60. The molecule has 0 aliphatic heterocycles. The zero-order valence-corrected chi connectivity index (χ0v) is 21.9. The first-order valence-corrected chi connectivity index (χ1v) is 13.6. The molecule has 0 radical (unpaired) electrons. The SMILES string of the molecule is OC1(c2ccc(-c3ccccc3)cc2)c2ccccc2-c2ccccc2C1(O)c1ccc(-c2ccccc2)cc1. The van der Waals surface area contributed by atoms with E-state index < -0.39 is 11.2 Å². The zero-order chi connectivity index (χ0) is 27.2. The van der Waals surface area contributed by atoms with Crippen molar-refractivity contribution >= 4 is 0 Å². The van der Waals surface area contributed by atoms with Gasteiger partial charge in [0.05, 0.1) is 0 Å². The van der Waals surface area contributed by atoms with Gasteiger partial charge in [-0.3, -0.25) is 0 Å². The average Bonchev–Trinajstić information content (AvgIpc) is 3.04. The third-order valence-electron chi connectivity index (χ3n) is 8.27.